The van der Waals surface area contributed by atoms with E-state index in [4.69, 9.17) is 4.42 Å². The number of nitrogens with zero attached hydrogens (tertiary/aromatic N) is 1. The van der Waals surface area contributed by atoms with Crippen LogP contribution in [0.4, 0.5) is 0 Å². The van der Waals surface area contributed by atoms with Gasteiger partial charge in [-0.3, -0.25) is 14.4 Å². The van der Waals surface area contributed by atoms with Crippen LogP contribution in [-0.4, -0.2) is 39.9 Å². The van der Waals surface area contributed by atoms with Gasteiger partial charge in [0.1, 0.15) is 0 Å². The van der Waals surface area contributed by atoms with E-state index in [1.54, 1.807) is 0 Å². The lowest BCUT2D eigenvalue weighted by molar-refractivity contribution is -0.128. The molecule has 36 heavy (non-hydrogen) atoms. The molecule has 1 aliphatic rings. The van der Waals surface area contributed by atoms with Gasteiger partial charge in [0.15, 0.2) is 0 Å². The lowest BCUT2D eigenvalue weighted by Crippen LogP contribution is -2.52. The van der Waals surface area contributed by atoms with Crippen molar-refractivity contribution in [3.63, 3.8) is 0 Å². The van der Waals surface area contributed by atoms with Gasteiger partial charge < -0.3 is 15.1 Å². The summed E-state index contributed by atoms with van der Waals surface area (Å²) in [4.78, 5) is 50.5. The zero-order valence-corrected chi connectivity index (χ0v) is 20.6. The second-order valence-corrected chi connectivity index (χ2v) is 9.85. The molecule has 0 aliphatic heterocycles. The van der Waals surface area contributed by atoms with Gasteiger partial charge in [-0.15, -0.1) is 5.10 Å². The van der Waals surface area contributed by atoms with E-state index in [-0.39, 0.29) is 36.1 Å². The average Bonchev–Trinajstić information content (AvgIpc) is 3.29. The number of H-pyrrole nitrogens is 1. The van der Waals surface area contributed by atoms with E-state index >= 15 is 0 Å². The fraction of sp³-hybridized carbons (Fsp3) is 0.444. The monoisotopic (exact) mass is 492 g/mol. The number of fused-ring (bicyclic) bond motifs is 1. The number of amides is 2. The van der Waals surface area contributed by atoms with E-state index in [1.807, 2.05) is 56.3 Å². The Kier molecular flexibility index (Phi) is 7.97. The van der Waals surface area contributed by atoms with Gasteiger partial charge >= 0.3 is 5.76 Å². The van der Waals surface area contributed by atoms with Gasteiger partial charge in [-0.25, -0.2) is 9.89 Å². The number of carbonyl (C=O) groups excluding carboxylic acids is 3. The molecule has 1 aliphatic carbocycles. The molecule has 190 valence electrons. The van der Waals surface area contributed by atoms with Crippen molar-refractivity contribution < 1.29 is 18.8 Å². The molecule has 1 heterocycles. The topological polar surface area (TPSA) is 134 Å². The molecule has 4 rings (SSSR count). The molecule has 0 spiro atoms. The predicted molar refractivity (Wildman–Crippen MR) is 134 cm³/mol. The SMILES string of the molecule is CC(C)C[C@H](NC(=O)[C@@H]1CCCC[C@@H]1NC(=O)Cc1cccc2ccccc12)C(=O)c1n[nH]c(=O)o1. The summed E-state index contributed by atoms with van der Waals surface area (Å²) in [7, 11) is 0. The van der Waals surface area contributed by atoms with Crippen molar-refractivity contribution >= 4 is 28.4 Å². The second-order valence-electron chi connectivity index (χ2n) is 9.85. The van der Waals surface area contributed by atoms with Crippen molar-refractivity contribution in [2.24, 2.45) is 11.8 Å². The third-order valence-corrected chi connectivity index (χ3v) is 6.67. The molecule has 3 aromatic rings. The van der Waals surface area contributed by atoms with E-state index < -0.39 is 23.5 Å². The molecule has 2 aromatic carbocycles. The summed E-state index contributed by atoms with van der Waals surface area (Å²) in [5, 5.41) is 13.7. The summed E-state index contributed by atoms with van der Waals surface area (Å²) in [6.07, 6.45) is 3.67. The van der Waals surface area contributed by atoms with Crippen molar-refractivity contribution in [3.8, 4) is 0 Å². The lowest BCUT2D eigenvalue weighted by Gasteiger charge is -2.32. The second kappa shape index (κ2) is 11.3. The molecule has 0 saturated heterocycles. The maximum Gasteiger partial charge on any atom is 0.434 e. The van der Waals surface area contributed by atoms with Gasteiger partial charge in [-0.05, 0) is 41.5 Å². The van der Waals surface area contributed by atoms with E-state index in [0.29, 0.717) is 19.3 Å². The fourth-order valence-electron chi connectivity index (χ4n) is 4.96. The third-order valence-electron chi connectivity index (χ3n) is 6.67. The van der Waals surface area contributed by atoms with Gasteiger partial charge in [0.2, 0.25) is 17.6 Å². The first-order valence-corrected chi connectivity index (χ1v) is 12.5. The Morgan fingerprint density at radius 2 is 1.83 bits per heavy atom. The minimum absolute atomic E-state index is 0.104. The Morgan fingerprint density at radius 3 is 2.58 bits per heavy atom. The van der Waals surface area contributed by atoms with Crippen LogP contribution < -0.4 is 16.4 Å². The van der Waals surface area contributed by atoms with Gasteiger partial charge in [-0.2, -0.15) is 0 Å². The molecule has 9 nitrogen and oxygen atoms in total. The van der Waals surface area contributed by atoms with E-state index in [1.165, 1.54) is 0 Å². The molecule has 1 aromatic heterocycles. The van der Waals surface area contributed by atoms with Crippen LogP contribution in [0.15, 0.2) is 51.7 Å². The van der Waals surface area contributed by atoms with Crippen molar-refractivity contribution in [2.45, 2.75) is 64.5 Å². The normalized spacial score (nSPS) is 18.6. The molecular formula is C27H32N4O5. The number of aromatic amines is 1. The standard InChI is InChI=1S/C27H32N4O5/c1-16(2)14-22(24(33)26-30-31-27(35)36-26)29-25(34)20-12-5-6-13-21(20)28-23(32)15-18-10-7-9-17-8-3-4-11-19(17)18/h3-4,7-11,16,20-22H,5-6,12-15H2,1-2H3,(H,28,32)(H,29,34)(H,31,35)/t20-,21+,22+/m1/s1. The lowest BCUT2D eigenvalue weighted by atomic mass is 9.83. The highest BCUT2D eigenvalue weighted by molar-refractivity contribution is 5.98. The minimum atomic E-state index is -0.877. The first-order valence-electron chi connectivity index (χ1n) is 12.5. The summed E-state index contributed by atoms with van der Waals surface area (Å²) in [6, 6.07) is 12.6. The van der Waals surface area contributed by atoms with Crippen LogP contribution in [-0.2, 0) is 16.0 Å². The van der Waals surface area contributed by atoms with Gasteiger partial charge in [-0.1, -0.05) is 69.2 Å². The number of aromatic nitrogens is 2. The first kappa shape index (κ1) is 25.3. The number of hydrogen-bond acceptors (Lipinski definition) is 6. The highest BCUT2D eigenvalue weighted by atomic mass is 16.4. The van der Waals surface area contributed by atoms with E-state index in [9.17, 15) is 19.2 Å². The fourth-order valence-corrected chi connectivity index (χ4v) is 4.96. The molecule has 9 heteroatoms. The predicted octanol–water partition coefficient (Wildman–Crippen LogP) is 3.15. The quantitative estimate of drug-likeness (QED) is 0.393. The minimum Gasteiger partial charge on any atom is -0.384 e. The highest BCUT2D eigenvalue weighted by Gasteiger charge is 2.35. The molecular weight excluding hydrogens is 460 g/mol. The third kappa shape index (κ3) is 6.08. The molecule has 1 saturated carbocycles. The largest absolute Gasteiger partial charge is 0.434 e. The van der Waals surface area contributed by atoms with Crippen molar-refractivity contribution in [3.05, 3.63) is 64.5 Å². The molecule has 0 unspecified atom stereocenters. The van der Waals surface area contributed by atoms with Crippen LogP contribution in [0.25, 0.3) is 10.8 Å². The molecule has 3 atom stereocenters. The molecule has 3 N–H and O–H groups in total. The maximum absolute atomic E-state index is 13.3. The summed E-state index contributed by atoms with van der Waals surface area (Å²) >= 11 is 0. The number of nitrogens with one attached hydrogen (secondary N) is 3. The Bertz CT molecular complexity index is 1290. The van der Waals surface area contributed by atoms with Crippen LogP contribution in [0.1, 0.15) is 62.2 Å². The van der Waals surface area contributed by atoms with Crippen molar-refractivity contribution in [2.75, 3.05) is 0 Å². The van der Waals surface area contributed by atoms with Crippen LogP contribution in [0.5, 0.6) is 0 Å². The van der Waals surface area contributed by atoms with E-state index in [0.717, 1.165) is 29.2 Å². The molecule has 2 amide bonds. The summed E-state index contributed by atoms with van der Waals surface area (Å²) in [5.41, 5.74) is 0.936. The van der Waals surface area contributed by atoms with Crippen LogP contribution in [0, 0.1) is 11.8 Å². The Hall–Kier alpha value is -3.75. The Morgan fingerprint density at radius 1 is 1.08 bits per heavy atom. The summed E-state index contributed by atoms with van der Waals surface area (Å²) in [5.74, 6) is -2.51. The Balaban J connectivity index is 1.44. The maximum atomic E-state index is 13.3. The van der Waals surface area contributed by atoms with Gasteiger partial charge in [0.05, 0.1) is 18.4 Å². The molecule has 1 fully saturated rings. The number of benzene rings is 2. The van der Waals surface area contributed by atoms with Gasteiger partial charge in [0, 0.05) is 6.04 Å². The van der Waals surface area contributed by atoms with Crippen molar-refractivity contribution in [1.29, 1.82) is 0 Å². The summed E-state index contributed by atoms with van der Waals surface area (Å²) in [6.45, 7) is 3.87. The zero-order valence-electron chi connectivity index (χ0n) is 20.6. The number of rotatable bonds is 9. The van der Waals surface area contributed by atoms with Gasteiger partial charge in [0.25, 0.3) is 5.89 Å². The molecule has 0 radical (unpaired) electrons. The van der Waals surface area contributed by atoms with Crippen LogP contribution in [0.3, 0.4) is 0 Å². The number of Topliss-reactive ketones (excluding diaryl/α,β-unsaturated/α-hetero) is 1. The van der Waals surface area contributed by atoms with Crippen LogP contribution in [0.2, 0.25) is 0 Å². The van der Waals surface area contributed by atoms with E-state index in [2.05, 4.69) is 20.8 Å². The average molecular weight is 493 g/mol. The number of hydrogen-bond donors (Lipinski definition) is 3. The summed E-state index contributed by atoms with van der Waals surface area (Å²) < 4.78 is 4.82. The zero-order chi connectivity index (χ0) is 25.7. The highest BCUT2D eigenvalue weighted by Crippen LogP contribution is 2.26. The Labute approximate surface area is 209 Å². The molecule has 0 bridgehead atoms. The van der Waals surface area contributed by atoms with Crippen LogP contribution >= 0.6 is 0 Å². The first-order chi connectivity index (χ1) is 17.3. The smallest absolute Gasteiger partial charge is 0.384 e. The number of carbonyl (C=O) groups is 3. The number of ketones is 1. The van der Waals surface area contributed by atoms with Crippen molar-refractivity contribution in [1.82, 2.24) is 20.8 Å².